The Labute approximate surface area is 115 Å². The van der Waals surface area contributed by atoms with Gasteiger partial charge in [-0.2, -0.15) is 0 Å². The first kappa shape index (κ1) is 12.1. The van der Waals surface area contributed by atoms with Crippen molar-refractivity contribution < 1.29 is 4.42 Å². The predicted octanol–water partition coefficient (Wildman–Crippen LogP) is 3.19. The van der Waals surface area contributed by atoms with Gasteiger partial charge >= 0.3 is 0 Å². The molecule has 0 radical (unpaired) electrons. The summed E-state index contributed by atoms with van der Waals surface area (Å²) in [6.07, 6.45) is 3.42. The molecule has 96 valence electrons. The molecule has 0 fully saturated rings. The summed E-state index contributed by atoms with van der Waals surface area (Å²) >= 11 is 6.12. The molecular formula is C14H12ClN3O. The van der Waals surface area contributed by atoms with Gasteiger partial charge in [-0.3, -0.25) is 0 Å². The van der Waals surface area contributed by atoms with E-state index in [-0.39, 0.29) is 6.04 Å². The van der Waals surface area contributed by atoms with Gasteiger partial charge < -0.3 is 9.73 Å². The highest BCUT2D eigenvalue weighted by atomic mass is 35.5. The highest BCUT2D eigenvalue weighted by Gasteiger charge is 2.19. The van der Waals surface area contributed by atoms with Crippen molar-refractivity contribution in [2.45, 2.75) is 6.04 Å². The fourth-order valence-corrected chi connectivity index (χ4v) is 2.27. The van der Waals surface area contributed by atoms with Crippen LogP contribution >= 0.6 is 11.6 Å². The molecule has 0 aliphatic carbocycles. The lowest BCUT2D eigenvalue weighted by molar-refractivity contribution is 0.479. The number of hydrogen-bond donors (Lipinski definition) is 1. The molecule has 1 N–H and O–H groups in total. The summed E-state index contributed by atoms with van der Waals surface area (Å²) in [6, 6.07) is 9.23. The molecule has 2 aromatic heterocycles. The second-order valence-electron chi connectivity index (χ2n) is 4.14. The summed E-state index contributed by atoms with van der Waals surface area (Å²) < 4.78 is 5.83. The molecular weight excluding hydrogens is 262 g/mol. The van der Waals surface area contributed by atoms with Gasteiger partial charge in [0.05, 0.1) is 5.02 Å². The van der Waals surface area contributed by atoms with Crippen LogP contribution in [0.5, 0.6) is 0 Å². The molecule has 3 rings (SSSR count). The average molecular weight is 274 g/mol. The van der Waals surface area contributed by atoms with Crippen molar-refractivity contribution in [1.29, 1.82) is 0 Å². The van der Waals surface area contributed by atoms with Gasteiger partial charge in [-0.15, -0.1) is 0 Å². The van der Waals surface area contributed by atoms with E-state index in [1.54, 1.807) is 18.5 Å². The van der Waals surface area contributed by atoms with E-state index in [1.165, 1.54) is 0 Å². The zero-order valence-corrected chi connectivity index (χ0v) is 11.1. The highest BCUT2D eigenvalue weighted by Crippen LogP contribution is 2.30. The van der Waals surface area contributed by atoms with Gasteiger partial charge in [0.1, 0.15) is 11.8 Å². The first-order valence-electron chi connectivity index (χ1n) is 5.91. The number of rotatable bonds is 3. The fourth-order valence-electron chi connectivity index (χ4n) is 2.05. The van der Waals surface area contributed by atoms with E-state index in [2.05, 4.69) is 15.3 Å². The van der Waals surface area contributed by atoms with Gasteiger partial charge in [-0.1, -0.05) is 23.7 Å². The number of fused-ring (bicyclic) bond motifs is 1. The number of benzene rings is 1. The Morgan fingerprint density at radius 3 is 2.68 bits per heavy atom. The number of nitrogens with zero attached hydrogens (tertiary/aromatic N) is 2. The van der Waals surface area contributed by atoms with E-state index in [0.717, 1.165) is 11.1 Å². The largest absolute Gasteiger partial charge is 0.457 e. The van der Waals surface area contributed by atoms with Gasteiger partial charge in [0.15, 0.2) is 11.4 Å². The molecule has 0 amide bonds. The molecule has 1 atom stereocenters. The Balaban J connectivity index is 2.09. The van der Waals surface area contributed by atoms with E-state index in [0.29, 0.717) is 16.4 Å². The van der Waals surface area contributed by atoms with E-state index in [1.807, 2.05) is 31.3 Å². The number of hydrogen-bond acceptors (Lipinski definition) is 4. The van der Waals surface area contributed by atoms with Crippen molar-refractivity contribution in [2.75, 3.05) is 7.05 Å². The van der Waals surface area contributed by atoms with Crippen LogP contribution in [0.1, 0.15) is 17.6 Å². The van der Waals surface area contributed by atoms with Crippen LogP contribution in [-0.2, 0) is 0 Å². The van der Waals surface area contributed by atoms with Gasteiger partial charge in [0.25, 0.3) is 0 Å². The summed E-state index contributed by atoms with van der Waals surface area (Å²) in [4.78, 5) is 8.50. The second kappa shape index (κ2) is 4.99. The van der Waals surface area contributed by atoms with Crippen molar-refractivity contribution in [3.63, 3.8) is 0 Å². The van der Waals surface area contributed by atoms with Gasteiger partial charge in [-0.25, -0.2) is 9.97 Å². The minimum atomic E-state index is -0.190. The minimum absolute atomic E-state index is 0.190. The fraction of sp³-hybridized carbons (Fsp3) is 0.143. The number of para-hydroxylation sites is 1. The molecule has 4 nitrogen and oxygen atoms in total. The zero-order valence-electron chi connectivity index (χ0n) is 10.3. The number of aromatic nitrogens is 2. The lowest BCUT2D eigenvalue weighted by Gasteiger charge is -2.11. The molecule has 5 heteroatoms. The molecule has 0 aliphatic heterocycles. The molecule has 1 unspecified atom stereocenters. The minimum Gasteiger partial charge on any atom is -0.457 e. The van der Waals surface area contributed by atoms with Crippen molar-refractivity contribution in [3.8, 4) is 0 Å². The van der Waals surface area contributed by atoms with Crippen LogP contribution in [0.25, 0.3) is 11.0 Å². The third-order valence-electron chi connectivity index (χ3n) is 2.93. The van der Waals surface area contributed by atoms with Crippen LogP contribution in [-0.4, -0.2) is 17.0 Å². The Morgan fingerprint density at radius 2 is 2.00 bits per heavy atom. The monoisotopic (exact) mass is 273 g/mol. The normalized spacial score (nSPS) is 12.7. The number of halogens is 1. The standard InChI is InChI=1S/C14H12ClN3O/c1-16-12(14-17-6-3-7-18-14)11-8-9-4-2-5-10(15)13(9)19-11/h2-8,12,16H,1H3. The van der Waals surface area contributed by atoms with E-state index >= 15 is 0 Å². The second-order valence-corrected chi connectivity index (χ2v) is 4.54. The molecule has 0 spiro atoms. The van der Waals surface area contributed by atoms with Gasteiger partial charge in [0, 0.05) is 17.8 Å². The molecule has 3 aromatic rings. The van der Waals surface area contributed by atoms with E-state index in [9.17, 15) is 0 Å². The summed E-state index contributed by atoms with van der Waals surface area (Å²) in [5, 5.41) is 4.73. The summed E-state index contributed by atoms with van der Waals surface area (Å²) in [5.41, 5.74) is 0.690. The molecule has 0 saturated carbocycles. The quantitative estimate of drug-likeness (QED) is 0.796. The topological polar surface area (TPSA) is 51.0 Å². The van der Waals surface area contributed by atoms with Crippen LogP contribution in [0, 0.1) is 0 Å². The Morgan fingerprint density at radius 1 is 1.21 bits per heavy atom. The first-order valence-corrected chi connectivity index (χ1v) is 6.29. The smallest absolute Gasteiger partial charge is 0.152 e. The maximum absolute atomic E-state index is 6.12. The van der Waals surface area contributed by atoms with Crippen LogP contribution in [0.3, 0.4) is 0 Å². The third-order valence-corrected chi connectivity index (χ3v) is 3.23. The van der Waals surface area contributed by atoms with E-state index < -0.39 is 0 Å². The lowest BCUT2D eigenvalue weighted by atomic mass is 10.2. The van der Waals surface area contributed by atoms with Crippen LogP contribution in [0.4, 0.5) is 0 Å². The SMILES string of the molecule is CNC(c1ncccn1)c1cc2cccc(Cl)c2o1. The van der Waals surface area contributed by atoms with Crippen molar-refractivity contribution in [3.05, 3.63) is 59.3 Å². The molecule has 0 saturated heterocycles. The molecule has 2 heterocycles. The molecule has 1 aromatic carbocycles. The van der Waals surface area contributed by atoms with Crippen molar-refractivity contribution in [2.24, 2.45) is 0 Å². The average Bonchev–Trinajstić information content (AvgIpc) is 2.86. The lowest BCUT2D eigenvalue weighted by Crippen LogP contribution is -2.19. The predicted molar refractivity (Wildman–Crippen MR) is 74.2 cm³/mol. The number of furan rings is 1. The van der Waals surface area contributed by atoms with Crippen molar-refractivity contribution in [1.82, 2.24) is 15.3 Å². The molecule has 0 bridgehead atoms. The summed E-state index contributed by atoms with van der Waals surface area (Å²) in [6.45, 7) is 0. The Kier molecular flexibility index (Phi) is 3.19. The van der Waals surface area contributed by atoms with Crippen LogP contribution < -0.4 is 5.32 Å². The molecule has 0 aliphatic rings. The highest BCUT2D eigenvalue weighted by molar-refractivity contribution is 6.34. The first-order chi connectivity index (χ1) is 9.29. The maximum Gasteiger partial charge on any atom is 0.152 e. The van der Waals surface area contributed by atoms with Gasteiger partial charge in [-0.05, 0) is 25.2 Å². The van der Waals surface area contributed by atoms with Crippen LogP contribution in [0.2, 0.25) is 5.02 Å². The Hall–Kier alpha value is -1.91. The summed E-state index contributed by atoms with van der Waals surface area (Å²) in [7, 11) is 1.84. The Bertz CT molecular complexity index is 696. The summed E-state index contributed by atoms with van der Waals surface area (Å²) in [5.74, 6) is 1.41. The van der Waals surface area contributed by atoms with Crippen molar-refractivity contribution >= 4 is 22.6 Å². The molecule has 19 heavy (non-hydrogen) atoms. The van der Waals surface area contributed by atoms with E-state index in [4.69, 9.17) is 16.0 Å². The third kappa shape index (κ3) is 2.20. The van der Waals surface area contributed by atoms with Gasteiger partial charge in [0.2, 0.25) is 0 Å². The zero-order chi connectivity index (χ0) is 13.2. The number of nitrogens with one attached hydrogen (secondary N) is 1. The van der Waals surface area contributed by atoms with Crippen LogP contribution in [0.15, 0.2) is 47.1 Å². The maximum atomic E-state index is 6.12.